The second-order valence-corrected chi connectivity index (χ2v) is 4.94. The Morgan fingerprint density at radius 2 is 2.04 bits per heavy atom. The van der Waals surface area contributed by atoms with Crippen LogP contribution in [0.1, 0.15) is 18.1 Å². The first-order chi connectivity index (χ1) is 11.1. The highest BCUT2D eigenvalue weighted by atomic mass is 16.6. The molecule has 0 bridgehead atoms. The molecule has 0 saturated carbocycles. The Hall–Kier alpha value is -2.17. The van der Waals surface area contributed by atoms with Crippen LogP contribution in [0.15, 0.2) is 67.8 Å². The van der Waals surface area contributed by atoms with E-state index in [4.69, 9.17) is 9.47 Å². The molecule has 1 saturated heterocycles. The Kier molecular flexibility index (Phi) is 8.65. The minimum Gasteiger partial charge on any atom is -0.466 e. The lowest BCUT2D eigenvalue weighted by molar-refractivity contribution is -0.136. The van der Waals surface area contributed by atoms with Crippen molar-refractivity contribution in [1.29, 1.82) is 0 Å². The molecular weight excluding hydrogens is 292 g/mol. The normalized spacial score (nSPS) is 16.3. The SMILES string of the molecule is C=CC(OCC1CO1)c1ccccc1.C=CCC(=C)C(=O)OC. The van der Waals surface area contributed by atoms with Crippen LogP contribution < -0.4 is 0 Å². The van der Waals surface area contributed by atoms with E-state index in [0.717, 1.165) is 12.2 Å². The number of hydrogen-bond acceptors (Lipinski definition) is 4. The molecule has 1 aromatic carbocycles. The molecule has 2 atom stereocenters. The summed E-state index contributed by atoms with van der Waals surface area (Å²) in [7, 11) is 1.33. The zero-order chi connectivity index (χ0) is 17.1. The molecule has 1 aliphatic rings. The van der Waals surface area contributed by atoms with Crippen LogP contribution in [-0.2, 0) is 19.0 Å². The van der Waals surface area contributed by atoms with Gasteiger partial charge in [-0.15, -0.1) is 13.2 Å². The standard InChI is InChI=1S/C12H14O2.C7H10O2/c1-2-12(14-9-11-8-13-11)10-6-4-3-5-7-10;1-4-5-6(2)7(8)9-3/h2-7,11-12H,1,8-9H2;4H,1-2,5H2,3H3. The van der Waals surface area contributed by atoms with E-state index in [-0.39, 0.29) is 12.1 Å². The van der Waals surface area contributed by atoms with Crippen molar-refractivity contribution in [3.63, 3.8) is 0 Å². The lowest BCUT2D eigenvalue weighted by Crippen LogP contribution is -2.06. The zero-order valence-electron chi connectivity index (χ0n) is 13.6. The molecule has 2 unspecified atom stereocenters. The van der Waals surface area contributed by atoms with Crippen LogP contribution in [-0.4, -0.2) is 32.4 Å². The van der Waals surface area contributed by atoms with Crippen LogP contribution in [0.25, 0.3) is 0 Å². The van der Waals surface area contributed by atoms with Crippen molar-refractivity contribution in [3.05, 3.63) is 73.4 Å². The van der Waals surface area contributed by atoms with Crippen molar-refractivity contribution in [2.45, 2.75) is 18.6 Å². The second kappa shape index (κ2) is 10.5. The largest absolute Gasteiger partial charge is 0.466 e. The van der Waals surface area contributed by atoms with Gasteiger partial charge in [-0.05, 0) is 12.0 Å². The average Bonchev–Trinajstić information content (AvgIpc) is 3.41. The molecule has 1 fully saturated rings. The third-order valence-corrected chi connectivity index (χ3v) is 3.07. The van der Waals surface area contributed by atoms with E-state index in [1.165, 1.54) is 7.11 Å². The van der Waals surface area contributed by atoms with Crippen LogP contribution >= 0.6 is 0 Å². The number of rotatable bonds is 8. The van der Waals surface area contributed by atoms with E-state index in [2.05, 4.69) is 24.5 Å². The Labute approximate surface area is 138 Å². The monoisotopic (exact) mass is 316 g/mol. The maximum Gasteiger partial charge on any atom is 0.333 e. The first-order valence-corrected chi connectivity index (χ1v) is 7.40. The van der Waals surface area contributed by atoms with E-state index in [0.29, 0.717) is 24.7 Å². The molecule has 0 amide bonds. The summed E-state index contributed by atoms with van der Waals surface area (Å²) in [6.45, 7) is 12.2. The number of carbonyl (C=O) groups is 1. The van der Waals surface area contributed by atoms with Crippen molar-refractivity contribution in [1.82, 2.24) is 0 Å². The fraction of sp³-hybridized carbons (Fsp3) is 0.316. The highest BCUT2D eigenvalue weighted by Crippen LogP contribution is 2.20. The number of benzene rings is 1. The third kappa shape index (κ3) is 7.58. The Morgan fingerprint density at radius 1 is 1.39 bits per heavy atom. The summed E-state index contributed by atoms with van der Waals surface area (Å²) in [4.78, 5) is 10.5. The Bertz CT molecular complexity index is 517. The van der Waals surface area contributed by atoms with Crippen LogP contribution in [0.5, 0.6) is 0 Å². The fourth-order valence-corrected chi connectivity index (χ4v) is 1.72. The molecule has 1 heterocycles. The van der Waals surface area contributed by atoms with Gasteiger partial charge < -0.3 is 14.2 Å². The molecular formula is C19H24O4. The number of epoxide rings is 1. The Balaban J connectivity index is 0.000000257. The van der Waals surface area contributed by atoms with Crippen molar-refractivity contribution in [2.75, 3.05) is 20.3 Å². The van der Waals surface area contributed by atoms with Crippen LogP contribution in [0.3, 0.4) is 0 Å². The molecule has 1 aromatic rings. The van der Waals surface area contributed by atoms with Crippen molar-refractivity contribution in [2.24, 2.45) is 0 Å². The molecule has 0 N–H and O–H groups in total. The van der Waals surface area contributed by atoms with Gasteiger partial charge in [0.15, 0.2) is 0 Å². The minimum atomic E-state index is -0.366. The van der Waals surface area contributed by atoms with Gasteiger partial charge >= 0.3 is 5.97 Å². The predicted octanol–water partition coefficient (Wildman–Crippen LogP) is 3.62. The first-order valence-electron chi connectivity index (χ1n) is 7.40. The zero-order valence-corrected chi connectivity index (χ0v) is 13.6. The highest BCUT2D eigenvalue weighted by Gasteiger charge is 2.23. The molecule has 124 valence electrons. The highest BCUT2D eigenvalue weighted by molar-refractivity contribution is 5.87. The smallest absolute Gasteiger partial charge is 0.333 e. The number of hydrogen-bond donors (Lipinski definition) is 0. The minimum absolute atomic E-state index is 0.0135. The van der Waals surface area contributed by atoms with Crippen LogP contribution in [0, 0.1) is 0 Å². The third-order valence-electron chi connectivity index (χ3n) is 3.07. The van der Waals surface area contributed by atoms with Gasteiger partial charge in [0, 0.05) is 5.57 Å². The average molecular weight is 316 g/mol. The number of allylic oxidation sites excluding steroid dienone is 1. The second-order valence-electron chi connectivity index (χ2n) is 4.94. The molecule has 0 aliphatic carbocycles. The van der Waals surface area contributed by atoms with E-state index < -0.39 is 0 Å². The van der Waals surface area contributed by atoms with Gasteiger partial charge in [0.05, 0.1) is 20.3 Å². The quantitative estimate of drug-likeness (QED) is 0.318. The molecule has 0 aromatic heterocycles. The number of ether oxygens (including phenoxy) is 3. The van der Waals surface area contributed by atoms with Gasteiger partial charge in [-0.2, -0.15) is 0 Å². The number of carbonyl (C=O) groups excluding carboxylic acids is 1. The van der Waals surface area contributed by atoms with Crippen molar-refractivity contribution in [3.8, 4) is 0 Å². The fourth-order valence-electron chi connectivity index (χ4n) is 1.72. The molecule has 2 rings (SSSR count). The summed E-state index contributed by atoms with van der Waals surface area (Å²) in [6.07, 6.45) is 4.21. The lowest BCUT2D eigenvalue weighted by Gasteiger charge is -2.13. The summed E-state index contributed by atoms with van der Waals surface area (Å²) in [5, 5.41) is 0. The maximum atomic E-state index is 10.5. The van der Waals surface area contributed by atoms with Gasteiger partial charge in [0.1, 0.15) is 12.2 Å². The van der Waals surface area contributed by atoms with Crippen LogP contribution in [0.4, 0.5) is 0 Å². The molecule has 4 nitrogen and oxygen atoms in total. The predicted molar refractivity (Wildman–Crippen MR) is 91.0 cm³/mol. The number of esters is 1. The van der Waals surface area contributed by atoms with Crippen LogP contribution in [0.2, 0.25) is 0 Å². The van der Waals surface area contributed by atoms with Gasteiger partial charge in [0.25, 0.3) is 0 Å². The lowest BCUT2D eigenvalue weighted by atomic mass is 10.1. The Morgan fingerprint density at radius 3 is 2.52 bits per heavy atom. The van der Waals surface area contributed by atoms with Gasteiger partial charge in [-0.3, -0.25) is 0 Å². The summed E-state index contributed by atoms with van der Waals surface area (Å²) in [6, 6.07) is 10.1. The maximum absolute atomic E-state index is 10.5. The van der Waals surface area contributed by atoms with E-state index >= 15 is 0 Å². The number of methoxy groups -OCH3 is 1. The van der Waals surface area contributed by atoms with Crippen molar-refractivity contribution >= 4 is 5.97 Å². The summed E-state index contributed by atoms with van der Waals surface area (Å²) in [5.74, 6) is -0.366. The summed E-state index contributed by atoms with van der Waals surface area (Å²) >= 11 is 0. The van der Waals surface area contributed by atoms with Gasteiger partial charge in [0.2, 0.25) is 0 Å². The van der Waals surface area contributed by atoms with E-state index in [1.54, 1.807) is 6.08 Å². The summed E-state index contributed by atoms with van der Waals surface area (Å²) < 4.78 is 15.1. The van der Waals surface area contributed by atoms with E-state index in [1.807, 2.05) is 36.4 Å². The van der Waals surface area contributed by atoms with E-state index in [9.17, 15) is 4.79 Å². The molecule has 0 spiro atoms. The molecule has 1 aliphatic heterocycles. The van der Waals surface area contributed by atoms with Gasteiger partial charge in [-0.25, -0.2) is 4.79 Å². The van der Waals surface area contributed by atoms with Crippen molar-refractivity contribution < 1.29 is 19.0 Å². The topological polar surface area (TPSA) is 48.1 Å². The first kappa shape index (κ1) is 18.9. The van der Waals surface area contributed by atoms with Gasteiger partial charge in [-0.1, -0.05) is 49.1 Å². The molecule has 0 radical (unpaired) electrons. The molecule has 4 heteroatoms. The molecule has 23 heavy (non-hydrogen) atoms. The summed E-state index contributed by atoms with van der Waals surface area (Å²) in [5.41, 5.74) is 1.58.